The molecule has 1 atom stereocenters. The number of nitrogens with one attached hydrogen (secondary N) is 1. The first-order chi connectivity index (χ1) is 15.2. The quantitative estimate of drug-likeness (QED) is 0.516. The predicted octanol–water partition coefficient (Wildman–Crippen LogP) is 3.51. The summed E-state index contributed by atoms with van der Waals surface area (Å²) in [6.45, 7) is 4.28. The molecule has 6 nitrogen and oxygen atoms in total. The van der Waals surface area contributed by atoms with Gasteiger partial charge in [-0.05, 0) is 75.7 Å². The van der Waals surface area contributed by atoms with Crippen molar-refractivity contribution in [1.82, 2.24) is 10.2 Å². The van der Waals surface area contributed by atoms with Gasteiger partial charge in [-0.15, -0.1) is 0 Å². The Balaban J connectivity index is 1.25. The van der Waals surface area contributed by atoms with Crippen LogP contribution in [0.2, 0.25) is 0 Å². The van der Waals surface area contributed by atoms with Crippen LogP contribution in [0.3, 0.4) is 0 Å². The van der Waals surface area contributed by atoms with Crippen molar-refractivity contribution in [2.75, 3.05) is 32.8 Å². The molecule has 1 aromatic rings. The van der Waals surface area contributed by atoms with Crippen molar-refractivity contribution in [2.24, 2.45) is 5.92 Å². The van der Waals surface area contributed by atoms with Gasteiger partial charge in [-0.3, -0.25) is 9.59 Å². The van der Waals surface area contributed by atoms with Gasteiger partial charge in [0.25, 0.3) is 0 Å². The van der Waals surface area contributed by atoms with Crippen molar-refractivity contribution >= 4 is 11.7 Å². The van der Waals surface area contributed by atoms with Crippen molar-refractivity contribution < 1.29 is 19.1 Å². The fourth-order valence-corrected chi connectivity index (χ4v) is 4.61. The molecule has 0 spiro atoms. The lowest BCUT2D eigenvalue weighted by molar-refractivity contribution is -0.122. The van der Waals surface area contributed by atoms with Crippen LogP contribution in [0.15, 0.2) is 18.2 Å². The molecule has 0 aromatic heterocycles. The Morgan fingerprint density at radius 2 is 1.74 bits per heavy atom. The zero-order chi connectivity index (χ0) is 21.5. The first-order valence-corrected chi connectivity index (χ1v) is 12.1. The van der Waals surface area contributed by atoms with Gasteiger partial charge < -0.3 is 19.7 Å². The van der Waals surface area contributed by atoms with Crippen LogP contribution in [0.5, 0.6) is 11.5 Å². The summed E-state index contributed by atoms with van der Waals surface area (Å²) in [5, 5.41) is 3.28. The number of rotatable bonds is 12. The highest BCUT2D eigenvalue weighted by Gasteiger charge is 2.28. The molecule has 1 N–H and O–H groups in total. The van der Waals surface area contributed by atoms with E-state index >= 15 is 0 Å². The van der Waals surface area contributed by atoms with Gasteiger partial charge in [0.05, 0.1) is 0 Å². The van der Waals surface area contributed by atoms with Gasteiger partial charge in [-0.1, -0.05) is 12.5 Å². The maximum absolute atomic E-state index is 12.6. The number of carbonyl (C=O) groups is 2. The Kier molecular flexibility index (Phi) is 7.84. The van der Waals surface area contributed by atoms with Gasteiger partial charge in [-0.2, -0.15) is 0 Å². The van der Waals surface area contributed by atoms with Crippen LogP contribution in [0.1, 0.15) is 63.4 Å². The molecule has 0 unspecified atom stereocenters. The van der Waals surface area contributed by atoms with Crippen molar-refractivity contribution in [3.63, 3.8) is 0 Å². The maximum Gasteiger partial charge on any atom is 0.220 e. The highest BCUT2D eigenvalue weighted by molar-refractivity contribution is 5.83. The third kappa shape index (κ3) is 6.96. The minimum Gasteiger partial charge on any atom is -0.486 e. The average molecular weight is 429 g/mol. The maximum atomic E-state index is 12.6. The van der Waals surface area contributed by atoms with Gasteiger partial charge >= 0.3 is 0 Å². The van der Waals surface area contributed by atoms with E-state index in [9.17, 15) is 9.59 Å². The lowest BCUT2D eigenvalue weighted by Gasteiger charge is -2.25. The second kappa shape index (κ2) is 11.0. The van der Waals surface area contributed by atoms with Gasteiger partial charge in [-0.25, -0.2) is 0 Å². The highest BCUT2D eigenvalue weighted by Crippen LogP contribution is 2.32. The summed E-state index contributed by atoms with van der Waals surface area (Å²) < 4.78 is 11.4. The molecule has 2 fully saturated rings. The first kappa shape index (κ1) is 22.1. The normalized spacial score (nSPS) is 19.2. The fourth-order valence-electron chi connectivity index (χ4n) is 4.61. The lowest BCUT2D eigenvalue weighted by Crippen LogP contribution is -2.44. The summed E-state index contributed by atoms with van der Waals surface area (Å²) in [7, 11) is 0. The summed E-state index contributed by atoms with van der Waals surface area (Å²) in [5.41, 5.74) is 1.16. The van der Waals surface area contributed by atoms with E-state index in [0.29, 0.717) is 37.8 Å². The molecule has 0 bridgehead atoms. The number of Topliss-reactive ketones (excluding diaryl/α,β-unsaturated/α-hetero) is 1. The minimum absolute atomic E-state index is 0.0876. The molecule has 31 heavy (non-hydrogen) atoms. The number of ketones is 1. The van der Waals surface area contributed by atoms with Crippen LogP contribution in [0.25, 0.3) is 0 Å². The number of carbonyl (C=O) groups excluding carboxylic acids is 2. The molecule has 1 aromatic carbocycles. The van der Waals surface area contributed by atoms with E-state index in [1.807, 2.05) is 6.07 Å². The molecule has 2 aliphatic heterocycles. The third-order valence-corrected chi connectivity index (χ3v) is 6.49. The molecule has 4 rings (SSSR count). The number of benzene rings is 1. The van der Waals surface area contributed by atoms with Crippen LogP contribution >= 0.6 is 0 Å². The van der Waals surface area contributed by atoms with E-state index in [2.05, 4.69) is 22.3 Å². The van der Waals surface area contributed by atoms with E-state index in [1.165, 1.54) is 12.8 Å². The third-order valence-electron chi connectivity index (χ3n) is 6.49. The van der Waals surface area contributed by atoms with Crippen LogP contribution in [-0.4, -0.2) is 55.5 Å². The van der Waals surface area contributed by atoms with Crippen LogP contribution < -0.4 is 14.8 Å². The minimum atomic E-state index is 0.0876. The predicted molar refractivity (Wildman–Crippen MR) is 120 cm³/mol. The second-order valence-corrected chi connectivity index (χ2v) is 9.26. The molecular weight excluding hydrogens is 392 g/mol. The Labute approximate surface area is 185 Å². The molecule has 1 saturated heterocycles. The Morgan fingerprint density at radius 3 is 2.52 bits per heavy atom. The fraction of sp³-hybridized carbons (Fsp3) is 0.680. The molecule has 1 aliphatic carbocycles. The van der Waals surface area contributed by atoms with Gasteiger partial charge in [0.2, 0.25) is 5.91 Å². The molecule has 2 heterocycles. The van der Waals surface area contributed by atoms with Crippen molar-refractivity contribution in [3.05, 3.63) is 23.8 Å². The average Bonchev–Trinajstić information content (AvgIpc) is 3.50. The number of nitrogens with zero attached hydrogens (tertiary/aromatic N) is 1. The number of amides is 1. The highest BCUT2D eigenvalue weighted by atomic mass is 16.6. The SMILES string of the molecule is O=C(CCCCCC(=O)C1CC1)N[C@@H](Cc1ccc2c(c1)OCCO2)CN1CCCC1. The Hall–Kier alpha value is -2.08. The number of hydrogen-bond acceptors (Lipinski definition) is 5. The van der Waals surface area contributed by atoms with Crippen LogP contribution in [0, 0.1) is 5.92 Å². The smallest absolute Gasteiger partial charge is 0.220 e. The number of hydrogen-bond donors (Lipinski definition) is 1. The summed E-state index contributed by atoms with van der Waals surface area (Å²) in [4.78, 5) is 26.9. The zero-order valence-corrected chi connectivity index (χ0v) is 18.6. The Bertz CT molecular complexity index is 756. The summed E-state index contributed by atoms with van der Waals surface area (Å²) in [6.07, 6.45) is 9.38. The van der Waals surface area contributed by atoms with Crippen molar-refractivity contribution in [2.45, 2.75) is 70.3 Å². The number of fused-ring (bicyclic) bond motifs is 1. The number of likely N-dealkylation sites (tertiary alicyclic amines) is 1. The van der Waals surface area contributed by atoms with E-state index < -0.39 is 0 Å². The first-order valence-electron chi connectivity index (χ1n) is 12.1. The van der Waals surface area contributed by atoms with E-state index in [1.54, 1.807) is 0 Å². The summed E-state index contributed by atoms with van der Waals surface area (Å²) in [5.74, 6) is 2.51. The van der Waals surface area contributed by atoms with E-state index in [4.69, 9.17) is 9.47 Å². The molecule has 6 heteroatoms. The number of unbranched alkanes of at least 4 members (excludes halogenated alkanes) is 2. The van der Waals surface area contributed by atoms with Gasteiger partial charge in [0.15, 0.2) is 11.5 Å². The lowest BCUT2D eigenvalue weighted by atomic mass is 10.0. The molecule has 1 amide bonds. The second-order valence-electron chi connectivity index (χ2n) is 9.26. The van der Waals surface area contributed by atoms with E-state index in [0.717, 1.165) is 75.2 Å². The van der Waals surface area contributed by atoms with E-state index in [-0.39, 0.29) is 11.9 Å². The van der Waals surface area contributed by atoms with Gasteiger partial charge in [0, 0.05) is 31.3 Å². The molecule has 170 valence electrons. The monoisotopic (exact) mass is 428 g/mol. The topological polar surface area (TPSA) is 67.9 Å². The van der Waals surface area contributed by atoms with Crippen LogP contribution in [0.4, 0.5) is 0 Å². The molecule has 1 saturated carbocycles. The Morgan fingerprint density at radius 1 is 1.00 bits per heavy atom. The molecule has 0 radical (unpaired) electrons. The van der Waals surface area contributed by atoms with Gasteiger partial charge in [0.1, 0.15) is 19.0 Å². The largest absolute Gasteiger partial charge is 0.486 e. The summed E-state index contributed by atoms with van der Waals surface area (Å²) >= 11 is 0. The number of ether oxygens (including phenoxy) is 2. The van der Waals surface area contributed by atoms with Crippen molar-refractivity contribution in [3.8, 4) is 11.5 Å². The molecular formula is C25H36N2O4. The van der Waals surface area contributed by atoms with Crippen LogP contribution in [-0.2, 0) is 16.0 Å². The van der Waals surface area contributed by atoms with Crippen molar-refractivity contribution in [1.29, 1.82) is 0 Å². The summed E-state index contributed by atoms with van der Waals surface area (Å²) in [6, 6.07) is 6.19. The zero-order valence-electron chi connectivity index (χ0n) is 18.6. The molecule has 3 aliphatic rings. The standard InChI is InChI=1S/C25H36N2O4/c28-22(20-9-10-20)6-2-1-3-7-25(29)26-21(18-27-12-4-5-13-27)16-19-8-11-23-24(17-19)31-15-14-30-23/h8,11,17,20-21H,1-7,9-10,12-16,18H2,(H,26,29)/t21-/m0/s1.